The van der Waals surface area contributed by atoms with E-state index in [9.17, 15) is 13.0 Å². The average Bonchev–Trinajstić information content (AvgIpc) is 1.97. The van der Waals surface area contributed by atoms with Crippen molar-refractivity contribution >= 4 is 22.2 Å². The van der Waals surface area contributed by atoms with Gasteiger partial charge in [0.05, 0.1) is 12.0 Å². The van der Waals surface area contributed by atoms with E-state index < -0.39 is 21.0 Å². The van der Waals surface area contributed by atoms with Crippen molar-refractivity contribution in [1.29, 1.82) is 0 Å². The molecule has 0 saturated heterocycles. The van der Waals surface area contributed by atoms with Crippen LogP contribution in [0.5, 0.6) is 0 Å². The van der Waals surface area contributed by atoms with Crippen LogP contribution in [0.1, 0.15) is 0 Å². The first-order valence-corrected chi connectivity index (χ1v) is 4.60. The molecule has 0 spiro atoms. The summed E-state index contributed by atoms with van der Waals surface area (Å²) < 4.78 is 33.4. The van der Waals surface area contributed by atoms with Crippen LogP contribution in [-0.2, 0) is 19.5 Å². The van der Waals surface area contributed by atoms with Gasteiger partial charge in [0, 0.05) is 0 Å². The first-order chi connectivity index (χ1) is 5.39. The van der Waals surface area contributed by atoms with Crippen molar-refractivity contribution in [3.05, 3.63) is 0 Å². The molecule has 0 aliphatic carbocycles. The Bertz CT molecular complexity index is 217. The molecule has 0 fully saturated rings. The Kier molecular flexibility index (Phi) is 15.6. The molecule has 12 heteroatoms. The topological polar surface area (TPSA) is 139 Å². The first kappa shape index (κ1) is 21.4. The van der Waals surface area contributed by atoms with Gasteiger partial charge in [0.2, 0.25) is 0 Å². The van der Waals surface area contributed by atoms with E-state index in [1.165, 1.54) is 0 Å². The van der Waals surface area contributed by atoms with E-state index in [1.54, 1.807) is 0 Å². The number of hydrogen-bond acceptors (Lipinski definition) is 9. The van der Waals surface area contributed by atoms with Crippen LogP contribution >= 0.6 is 12.0 Å². The van der Waals surface area contributed by atoms with E-state index in [0.717, 1.165) is 0 Å². The summed E-state index contributed by atoms with van der Waals surface area (Å²) in [5, 5.41) is 28.9. The smallest absolute Gasteiger partial charge is 0.746 e. The van der Waals surface area contributed by atoms with Gasteiger partial charge in [-0.05, 0) is 0 Å². The van der Waals surface area contributed by atoms with Gasteiger partial charge in [0.15, 0.2) is 10.9 Å². The van der Waals surface area contributed by atoms with Gasteiger partial charge in [-0.15, -0.1) is 0 Å². The summed E-state index contributed by atoms with van der Waals surface area (Å²) in [6.07, 6.45) is 0. The maximum atomic E-state index is 9.98. The van der Waals surface area contributed by atoms with Crippen LogP contribution in [0.4, 0.5) is 0 Å². The van der Waals surface area contributed by atoms with Crippen molar-refractivity contribution in [3.63, 3.8) is 0 Å². The van der Waals surface area contributed by atoms with Crippen LogP contribution < -0.4 is 64.4 Å². The average molecular weight is 266 g/mol. The zero-order valence-electron chi connectivity index (χ0n) is 7.32. The maximum Gasteiger partial charge on any atom is 1.00 e. The third-order valence-corrected chi connectivity index (χ3v) is 2.32. The molecular weight excluding hydrogens is 262 g/mol. The van der Waals surface area contributed by atoms with Gasteiger partial charge in [-0.3, -0.25) is 5.04 Å². The second kappa shape index (κ2) is 10.2. The molecule has 14 heavy (non-hydrogen) atoms. The van der Waals surface area contributed by atoms with Gasteiger partial charge in [0.1, 0.15) is 10.1 Å². The Hall–Kier alpha value is 2.06. The van der Waals surface area contributed by atoms with Crippen LogP contribution in [0.25, 0.3) is 0 Å². The van der Waals surface area contributed by atoms with Gasteiger partial charge in [-0.25, -0.2) is 8.42 Å². The molecule has 8 nitrogen and oxygen atoms in total. The van der Waals surface area contributed by atoms with Crippen LogP contribution in [0.2, 0.25) is 0 Å². The molecule has 2 N–H and O–H groups in total. The zero-order valence-corrected chi connectivity index (χ0v) is 12.9. The molecule has 0 radical (unpaired) electrons. The Labute approximate surface area is 128 Å². The van der Waals surface area contributed by atoms with E-state index >= 15 is 0 Å². The summed E-state index contributed by atoms with van der Waals surface area (Å²) in [4.78, 5) is 0. The SMILES string of the molecule is O=S(=O)([O-])C(O)C(O)SOO[O-].[Na+].[Na+]. The van der Waals surface area contributed by atoms with Gasteiger partial charge >= 0.3 is 59.1 Å². The predicted octanol–water partition coefficient (Wildman–Crippen LogP) is -8.95. The van der Waals surface area contributed by atoms with Gasteiger partial charge in [0.25, 0.3) is 0 Å². The molecular formula is C2H4Na2O8S2. The minimum Gasteiger partial charge on any atom is -0.746 e. The summed E-state index contributed by atoms with van der Waals surface area (Å²) in [5.41, 5.74) is -4.67. The first-order valence-electron chi connectivity index (χ1n) is 2.32. The Balaban J connectivity index is -0.000000605. The number of rotatable bonds is 5. The van der Waals surface area contributed by atoms with Crippen molar-refractivity contribution in [2.75, 3.05) is 0 Å². The van der Waals surface area contributed by atoms with Gasteiger partial charge < -0.3 is 20.0 Å². The zero-order chi connectivity index (χ0) is 9.78. The fourth-order valence-electron chi connectivity index (χ4n) is 0.246. The summed E-state index contributed by atoms with van der Waals surface area (Å²) in [7, 11) is -5.04. The van der Waals surface area contributed by atoms with E-state index in [1.807, 2.05) is 0 Å². The molecule has 0 heterocycles. The van der Waals surface area contributed by atoms with Crippen molar-refractivity contribution in [2.45, 2.75) is 10.9 Å². The molecule has 0 rings (SSSR count). The molecule has 2 unspecified atom stereocenters. The second-order valence-electron chi connectivity index (χ2n) is 1.51. The second-order valence-corrected chi connectivity index (χ2v) is 3.79. The summed E-state index contributed by atoms with van der Waals surface area (Å²) in [6.45, 7) is 0. The maximum absolute atomic E-state index is 9.98. The molecule has 0 amide bonds. The van der Waals surface area contributed by atoms with Gasteiger partial charge in [-0.2, -0.15) is 4.33 Å². The summed E-state index contributed by atoms with van der Waals surface area (Å²) >= 11 is -0.197. The molecule has 0 bridgehead atoms. The molecule has 0 aromatic heterocycles. The van der Waals surface area contributed by atoms with Crippen molar-refractivity contribution in [3.8, 4) is 0 Å². The fraction of sp³-hybridized carbons (Fsp3) is 1.00. The molecule has 0 aliphatic rings. The fourth-order valence-corrected chi connectivity index (χ4v) is 1.28. The van der Waals surface area contributed by atoms with Crippen molar-refractivity contribution in [2.24, 2.45) is 0 Å². The van der Waals surface area contributed by atoms with Gasteiger partial charge in [-0.1, -0.05) is 0 Å². The summed E-state index contributed by atoms with van der Waals surface area (Å²) in [6, 6.07) is 0. The molecule has 0 aliphatic heterocycles. The molecule has 0 aromatic carbocycles. The quantitative estimate of drug-likeness (QED) is 0.124. The molecule has 74 valence electrons. The Morgan fingerprint density at radius 1 is 1.29 bits per heavy atom. The molecule has 2 atom stereocenters. The largest absolute Gasteiger partial charge is 1.00 e. The number of aliphatic hydroxyl groups excluding tert-OH is 2. The van der Waals surface area contributed by atoms with Crippen LogP contribution in [0, 0.1) is 0 Å². The van der Waals surface area contributed by atoms with E-state index in [-0.39, 0.29) is 71.2 Å². The van der Waals surface area contributed by atoms with Crippen molar-refractivity contribution < 1.29 is 96.9 Å². The van der Waals surface area contributed by atoms with E-state index in [0.29, 0.717) is 0 Å². The molecule has 0 saturated carbocycles. The van der Waals surface area contributed by atoms with Crippen molar-refractivity contribution in [1.82, 2.24) is 0 Å². The normalized spacial score (nSPS) is 14.9. The van der Waals surface area contributed by atoms with Crippen LogP contribution in [0.15, 0.2) is 0 Å². The summed E-state index contributed by atoms with van der Waals surface area (Å²) in [5.74, 6) is 0. The molecule has 0 aromatic rings. The van der Waals surface area contributed by atoms with E-state index in [4.69, 9.17) is 15.5 Å². The third-order valence-electron chi connectivity index (χ3n) is 0.705. The number of aliphatic hydroxyl groups is 2. The Morgan fingerprint density at radius 2 is 1.71 bits per heavy atom. The monoisotopic (exact) mass is 266 g/mol. The minimum atomic E-state index is -5.04. The van der Waals surface area contributed by atoms with Crippen LogP contribution in [-0.4, -0.2) is 34.1 Å². The van der Waals surface area contributed by atoms with E-state index in [2.05, 4.69) is 9.37 Å². The Morgan fingerprint density at radius 3 is 2.00 bits per heavy atom. The third kappa shape index (κ3) is 9.30. The number of hydrogen-bond donors (Lipinski definition) is 2. The minimum absolute atomic E-state index is 0. The standard InChI is InChI=1S/C2H6O8S2.2Na/c3-1(11-10-9-5)2(4)12(6,7)8;;/h1-5H,(H,6,7,8);;/q;2*+1/p-2. The predicted molar refractivity (Wildman–Crippen MR) is 31.5 cm³/mol. The van der Waals surface area contributed by atoms with Crippen LogP contribution in [0.3, 0.4) is 0 Å².